The number of ether oxygens (including phenoxy) is 1. The second-order valence-corrected chi connectivity index (χ2v) is 9.74. The lowest BCUT2D eigenvalue weighted by Gasteiger charge is -2.34. The molecule has 2 N–H and O–H groups in total. The first-order chi connectivity index (χ1) is 15.7. The number of piperidine rings is 1. The van der Waals surface area contributed by atoms with Gasteiger partial charge in [-0.25, -0.2) is 4.39 Å². The highest BCUT2D eigenvalue weighted by Crippen LogP contribution is 2.25. The van der Waals surface area contributed by atoms with E-state index in [1.807, 2.05) is 55.5 Å². The summed E-state index contributed by atoms with van der Waals surface area (Å²) in [5, 5.41) is 11.9. The van der Waals surface area contributed by atoms with E-state index in [1.54, 1.807) is 13.8 Å². The Morgan fingerprint density at radius 1 is 1.12 bits per heavy atom. The third kappa shape index (κ3) is 8.13. The molecule has 0 unspecified atom stereocenters. The molecule has 0 spiro atoms. The van der Waals surface area contributed by atoms with E-state index in [4.69, 9.17) is 9.84 Å². The van der Waals surface area contributed by atoms with Crippen LogP contribution in [-0.2, 0) is 0 Å². The predicted molar refractivity (Wildman–Crippen MR) is 130 cm³/mol. The second kappa shape index (κ2) is 11.6. The van der Waals surface area contributed by atoms with Crippen molar-refractivity contribution in [3.8, 4) is 16.9 Å². The van der Waals surface area contributed by atoms with Crippen molar-refractivity contribution in [2.24, 2.45) is 5.92 Å². The molecule has 0 bridgehead atoms. The molecule has 2 aromatic carbocycles. The minimum atomic E-state index is -1.14. The number of halogens is 1. The summed E-state index contributed by atoms with van der Waals surface area (Å²) in [5.74, 6) is 1.22. The number of aliphatic hydroxyl groups excluding tert-OH is 1. The van der Waals surface area contributed by atoms with E-state index in [9.17, 15) is 9.18 Å². The van der Waals surface area contributed by atoms with E-state index in [1.165, 1.54) is 0 Å². The van der Waals surface area contributed by atoms with Crippen molar-refractivity contribution in [3.63, 3.8) is 0 Å². The van der Waals surface area contributed by atoms with Crippen molar-refractivity contribution in [2.75, 3.05) is 32.8 Å². The van der Waals surface area contributed by atoms with Crippen LogP contribution in [0.2, 0.25) is 0 Å². The average Bonchev–Trinajstić information content (AvgIpc) is 2.78. The molecular formula is C27H37FN2O3. The summed E-state index contributed by atoms with van der Waals surface area (Å²) in [7, 11) is 0. The van der Waals surface area contributed by atoms with Crippen LogP contribution in [0.5, 0.6) is 5.75 Å². The molecule has 1 aliphatic rings. The Bertz CT molecular complexity index is 870. The van der Waals surface area contributed by atoms with Crippen LogP contribution in [0.25, 0.3) is 11.1 Å². The maximum Gasteiger partial charge on any atom is 0.251 e. The summed E-state index contributed by atoms with van der Waals surface area (Å²) in [4.78, 5) is 14.5. The van der Waals surface area contributed by atoms with E-state index < -0.39 is 5.67 Å². The van der Waals surface area contributed by atoms with Crippen molar-refractivity contribution in [1.82, 2.24) is 10.2 Å². The highest BCUT2D eigenvalue weighted by molar-refractivity contribution is 5.94. The maximum atomic E-state index is 13.8. The Morgan fingerprint density at radius 3 is 2.24 bits per heavy atom. The fourth-order valence-electron chi connectivity index (χ4n) is 4.19. The number of carbonyl (C=O) groups excluding carboxylic acids is 1. The van der Waals surface area contributed by atoms with Crippen LogP contribution in [0, 0.1) is 5.92 Å². The quantitative estimate of drug-likeness (QED) is 0.544. The third-order valence-corrected chi connectivity index (χ3v) is 6.07. The smallest absolute Gasteiger partial charge is 0.251 e. The largest absolute Gasteiger partial charge is 0.493 e. The number of hydrogen-bond acceptors (Lipinski definition) is 4. The minimum Gasteiger partial charge on any atom is -0.493 e. The van der Waals surface area contributed by atoms with Gasteiger partial charge in [0, 0.05) is 24.8 Å². The van der Waals surface area contributed by atoms with Gasteiger partial charge in [0.15, 0.2) is 0 Å². The van der Waals surface area contributed by atoms with Gasteiger partial charge in [0.05, 0.1) is 6.61 Å². The van der Waals surface area contributed by atoms with E-state index in [-0.39, 0.29) is 18.6 Å². The van der Waals surface area contributed by atoms with Crippen LogP contribution >= 0.6 is 0 Å². The van der Waals surface area contributed by atoms with Gasteiger partial charge in [0.1, 0.15) is 11.4 Å². The SMILES string of the molecule is C[C@H](CCO)NC(=O)c1ccc(-c2ccc(OCC3CCN(CC(C)(C)F)CC3)cc2)cc1. The third-order valence-electron chi connectivity index (χ3n) is 6.07. The molecule has 33 heavy (non-hydrogen) atoms. The first-order valence-corrected chi connectivity index (χ1v) is 11.9. The molecule has 0 radical (unpaired) electrons. The Morgan fingerprint density at radius 2 is 1.70 bits per heavy atom. The van der Waals surface area contributed by atoms with Crippen molar-refractivity contribution in [2.45, 2.75) is 51.7 Å². The zero-order valence-corrected chi connectivity index (χ0v) is 20.0. The number of alkyl halides is 1. The second-order valence-electron chi connectivity index (χ2n) is 9.74. The van der Waals surface area contributed by atoms with Gasteiger partial charge in [-0.05, 0) is 94.4 Å². The van der Waals surface area contributed by atoms with Crippen molar-refractivity contribution in [1.29, 1.82) is 0 Å². The average molecular weight is 457 g/mol. The number of nitrogens with zero attached hydrogens (tertiary/aromatic N) is 1. The number of rotatable bonds is 10. The summed E-state index contributed by atoms with van der Waals surface area (Å²) in [6, 6.07) is 15.5. The molecule has 5 nitrogen and oxygen atoms in total. The highest BCUT2D eigenvalue weighted by atomic mass is 19.1. The lowest BCUT2D eigenvalue weighted by atomic mass is 9.97. The van der Waals surface area contributed by atoms with E-state index >= 15 is 0 Å². The molecule has 180 valence electrons. The van der Waals surface area contributed by atoms with Gasteiger partial charge in [-0.2, -0.15) is 0 Å². The molecule has 1 aliphatic heterocycles. The van der Waals surface area contributed by atoms with E-state index in [2.05, 4.69) is 10.2 Å². The summed E-state index contributed by atoms with van der Waals surface area (Å²) in [6.45, 7) is 8.24. The van der Waals surface area contributed by atoms with Crippen molar-refractivity contribution in [3.05, 3.63) is 54.1 Å². The van der Waals surface area contributed by atoms with Crippen LogP contribution in [-0.4, -0.2) is 60.5 Å². The standard InChI is InChI=1S/C27H37FN2O3/c1-20(14-17-31)29-26(32)24-6-4-22(5-7-24)23-8-10-25(11-9-23)33-18-21-12-15-30(16-13-21)19-27(2,3)28/h4-11,20-21,31H,12-19H2,1-3H3,(H,29,32)/t20-/m1/s1. The van der Waals surface area contributed by atoms with Crippen LogP contribution in [0.4, 0.5) is 4.39 Å². The van der Waals surface area contributed by atoms with Crippen LogP contribution < -0.4 is 10.1 Å². The first-order valence-electron chi connectivity index (χ1n) is 11.9. The summed E-state index contributed by atoms with van der Waals surface area (Å²) >= 11 is 0. The molecule has 1 heterocycles. The number of hydrogen-bond donors (Lipinski definition) is 2. The van der Waals surface area contributed by atoms with Crippen LogP contribution in [0.3, 0.4) is 0 Å². The highest BCUT2D eigenvalue weighted by Gasteiger charge is 2.25. The first kappa shape index (κ1) is 25.2. The van der Waals surface area contributed by atoms with Crippen LogP contribution in [0.15, 0.2) is 48.5 Å². The Hall–Kier alpha value is -2.44. The van der Waals surface area contributed by atoms with Gasteiger partial charge in [-0.1, -0.05) is 24.3 Å². The number of aliphatic hydroxyl groups is 1. The Balaban J connectivity index is 1.47. The van der Waals surface area contributed by atoms with Crippen molar-refractivity contribution < 1.29 is 19.0 Å². The van der Waals surface area contributed by atoms with Crippen LogP contribution in [0.1, 0.15) is 50.4 Å². The topological polar surface area (TPSA) is 61.8 Å². The monoisotopic (exact) mass is 456 g/mol. The zero-order chi connectivity index (χ0) is 23.8. The fourth-order valence-corrected chi connectivity index (χ4v) is 4.19. The molecule has 1 atom stereocenters. The molecule has 6 heteroatoms. The lowest BCUT2D eigenvalue weighted by molar-refractivity contribution is 0.0836. The normalized spacial score (nSPS) is 16.4. The number of carbonyl (C=O) groups is 1. The zero-order valence-electron chi connectivity index (χ0n) is 20.0. The lowest BCUT2D eigenvalue weighted by Crippen LogP contribution is -2.41. The van der Waals surface area contributed by atoms with Gasteiger partial charge in [-0.15, -0.1) is 0 Å². The van der Waals surface area contributed by atoms with Crippen molar-refractivity contribution >= 4 is 5.91 Å². The molecule has 3 rings (SSSR count). The van der Waals surface area contributed by atoms with Gasteiger partial charge >= 0.3 is 0 Å². The maximum absolute atomic E-state index is 13.8. The summed E-state index contributed by atoms with van der Waals surface area (Å²) in [6.07, 6.45) is 2.61. The van der Waals surface area contributed by atoms with Gasteiger partial charge in [0.25, 0.3) is 5.91 Å². The Labute approximate surface area is 197 Å². The van der Waals surface area contributed by atoms with Gasteiger partial charge in [-0.3, -0.25) is 4.79 Å². The Kier molecular flexibility index (Phi) is 8.87. The van der Waals surface area contributed by atoms with E-state index in [0.29, 0.717) is 31.1 Å². The molecule has 1 fully saturated rings. The number of amides is 1. The summed E-state index contributed by atoms with van der Waals surface area (Å²) < 4.78 is 19.8. The molecule has 1 amide bonds. The molecule has 0 saturated carbocycles. The van der Waals surface area contributed by atoms with Gasteiger partial charge in [0.2, 0.25) is 0 Å². The molecule has 2 aromatic rings. The minimum absolute atomic E-state index is 0.0539. The number of nitrogens with one attached hydrogen (secondary N) is 1. The number of likely N-dealkylation sites (tertiary alicyclic amines) is 1. The van der Waals surface area contributed by atoms with E-state index in [0.717, 1.165) is 42.8 Å². The fraction of sp³-hybridized carbons (Fsp3) is 0.519. The van der Waals surface area contributed by atoms with Gasteiger partial charge < -0.3 is 20.1 Å². The molecule has 0 aliphatic carbocycles. The summed E-state index contributed by atoms with van der Waals surface area (Å²) in [5.41, 5.74) is 1.55. The number of benzene rings is 2. The molecule has 0 aromatic heterocycles. The molecule has 1 saturated heterocycles. The predicted octanol–water partition coefficient (Wildman–Crippen LogP) is 4.69. The molecular weight excluding hydrogens is 419 g/mol.